The van der Waals surface area contributed by atoms with Crippen LogP contribution >= 0.6 is 0 Å². The van der Waals surface area contributed by atoms with Gasteiger partial charge in [0.25, 0.3) is 0 Å². The van der Waals surface area contributed by atoms with Crippen molar-refractivity contribution in [2.45, 2.75) is 26.4 Å². The molecule has 0 radical (unpaired) electrons. The number of pyridine rings is 1. The van der Waals surface area contributed by atoms with Gasteiger partial charge in [-0.05, 0) is 37.6 Å². The second-order valence-corrected chi connectivity index (χ2v) is 3.89. The van der Waals surface area contributed by atoms with E-state index in [4.69, 9.17) is 10.5 Å². The van der Waals surface area contributed by atoms with E-state index in [2.05, 4.69) is 18.8 Å². The van der Waals surface area contributed by atoms with Crippen molar-refractivity contribution < 1.29 is 4.74 Å². The summed E-state index contributed by atoms with van der Waals surface area (Å²) in [7, 11) is 0. The van der Waals surface area contributed by atoms with E-state index in [0.717, 1.165) is 23.1 Å². The number of aromatic nitrogens is 1. The van der Waals surface area contributed by atoms with E-state index in [-0.39, 0.29) is 6.10 Å². The average molecular weight is 216 g/mol. The predicted octanol–water partition coefficient (Wildman–Crippen LogP) is 2.99. The van der Waals surface area contributed by atoms with Crippen molar-refractivity contribution in [2.75, 3.05) is 5.73 Å². The number of hydrogen-bond acceptors (Lipinski definition) is 3. The van der Waals surface area contributed by atoms with Gasteiger partial charge in [0.1, 0.15) is 5.75 Å². The first kappa shape index (κ1) is 10.7. The number of fused-ring (bicyclic) bond motifs is 1. The van der Waals surface area contributed by atoms with Gasteiger partial charge in [0, 0.05) is 11.6 Å². The second kappa shape index (κ2) is 4.39. The molecule has 0 amide bonds. The highest BCUT2D eigenvalue weighted by Gasteiger charge is 2.08. The SMILES string of the molecule is CCC(C)Oc1ccc(N)c2ncccc12. The molecule has 0 aliphatic carbocycles. The normalized spacial score (nSPS) is 12.6. The average Bonchev–Trinajstić information content (AvgIpc) is 2.33. The Morgan fingerprint density at radius 2 is 2.19 bits per heavy atom. The number of rotatable bonds is 3. The summed E-state index contributed by atoms with van der Waals surface area (Å²) in [5.41, 5.74) is 7.37. The largest absolute Gasteiger partial charge is 0.490 e. The van der Waals surface area contributed by atoms with Gasteiger partial charge < -0.3 is 10.5 Å². The maximum Gasteiger partial charge on any atom is 0.129 e. The van der Waals surface area contributed by atoms with Crippen molar-refractivity contribution in [1.29, 1.82) is 0 Å². The molecule has 16 heavy (non-hydrogen) atoms. The lowest BCUT2D eigenvalue weighted by atomic mass is 10.1. The molecular weight excluding hydrogens is 200 g/mol. The molecule has 84 valence electrons. The number of anilines is 1. The molecule has 0 aliphatic rings. The van der Waals surface area contributed by atoms with E-state index in [1.54, 1.807) is 6.20 Å². The van der Waals surface area contributed by atoms with Crippen LogP contribution < -0.4 is 10.5 Å². The molecule has 0 saturated carbocycles. The van der Waals surface area contributed by atoms with Crippen LogP contribution in [0.3, 0.4) is 0 Å². The zero-order chi connectivity index (χ0) is 11.5. The van der Waals surface area contributed by atoms with Crippen molar-refractivity contribution in [3.05, 3.63) is 30.5 Å². The smallest absolute Gasteiger partial charge is 0.129 e. The molecular formula is C13H16N2O. The molecule has 0 spiro atoms. The minimum atomic E-state index is 0.201. The fourth-order valence-electron chi connectivity index (χ4n) is 1.57. The summed E-state index contributed by atoms with van der Waals surface area (Å²) in [6, 6.07) is 7.63. The van der Waals surface area contributed by atoms with Gasteiger partial charge >= 0.3 is 0 Å². The molecule has 1 aromatic carbocycles. The lowest BCUT2D eigenvalue weighted by Gasteiger charge is -2.14. The Morgan fingerprint density at radius 3 is 2.94 bits per heavy atom. The van der Waals surface area contributed by atoms with Crippen LogP contribution in [0.2, 0.25) is 0 Å². The van der Waals surface area contributed by atoms with Gasteiger partial charge in [0.15, 0.2) is 0 Å². The van der Waals surface area contributed by atoms with Gasteiger partial charge in [-0.1, -0.05) is 6.92 Å². The van der Waals surface area contributed by atoms with E-state index in [1.807, 2.05) is 24.3 Å². The maximum atomic E-state index is 5.87. The molecule has 1 heterocycles. The van der Waals surface area contributed by atoms with Crippen molar-refractivity contribution in [2.24, 2.45) is 0 Å². The molecule has 2 rings (SSSR count). The van der Waals surface area contributed by atoms with E-state index in [9.17, 15) is 0 Å². The fraction of sp³-hybridized carbons (Fsp3) is 0.308. The van der Waals surface area contributed by atoms with E-state index in [0.29, 0.717) is 5.69 Å². The number of ether oxygens (including phenoxy) is 1. The van der Waals surface area contributed by atoms with Crippen molar-refractivity contribution >= 4 is 16.6 Å². The summed E-state index contributed by atoms with van der Waals surface area (Å²) in [5.74, 6) is 0.853. The Morgan fingerprint density at radius 1 is 1.38 bits per heavy atom. The van der Waals surface area contributed by atoms with Crippen LogP contribution in [0.1, 0.15) is 20.3 Å². The first-order valence-electron chi connectivity index (χ1n) is 5.52. The summed E-state index contributed by atoms with van der Waals surface area (Å²) in [6.45, 7) is 4.15. The number of benzene rings is 1. The van der Waals surface area contributed by atoms with E-state index in [1.165, 1.54) is 0 Å². The third kappa shape index (κ3) is 1.94. The molecule has 0 aliphatic heterocycles. The molecule has 3 heteroatoms. The van der Waals surface area contributed by atoms with Gasteiger partial charge in [-0.15, -0.1) is 0 Å². The van der Waals surface area contributed by atoms with E-state index < -0.39 is 0 Å². The van der Waals surface area contributed by atoms with Gasteiger partial charge in [-0.3, -0.25) is 4.98 Å². The van der Waals surface area contributed by atoms with Crippen LogP contribution in [-0.4, -0.2) is 11.1 Å². The second-order valence-electron chi connectivity index (χ2n) is 3.89. The Labute approximate surface area is 95.2 Å². The lowest BCUT2D eigenvalue weighted by Crippen LogP contribution is -2.10. The Bertz CT molecular complexity index is 496. The summed E-state index contributed by atoms with van der Waals surface area (Å²) in [6.07, 6.45) is 2.92. The first-order valence-corrected chi connectivity index (χ1v) is 5.52. The Balaban J connectivity index is 2.50. The molecule has 0 saturated heterocycles. The monoisotopic (exact) mass is 216 g/mol. The summed E-state index contributed by atoms with van der Waals surface area (Å²) < 4.78 is 5.84. The van der Waals surface area contributed by atoms with Crippen molar-refractivity contribution in [1.82, 2.24) is 4.98 Å². The topological polar surface area (TPSA) is 48.1 Å². The highest BCUT2D eigenvalue weighted by Crippen LogP contribution is 2.29. The molecule has 3 nitrogen and oxygen atoms in total. The quantitative estimate of drug-likeness (QED) is 0.802. The fourth-order valence-corrected chi connectivity index (χ4v) is 1.57. The van der Waals surface area contributed by atoms with E-state index >= 15 is 0 Å². The highest BCUT2D eigenvalue weighted by atomic mass is 16.5. The van der Waals surface area contributed by atoms with Gasteiger partial charge in [-0.25, -0.2) is 0 Å². The lowest BCUT2D eigenvalue weighted by molar-refractivity contribution is 0.220. The molecule has 0 bridgehead atoms. The van der Waals surface area contributed by atoms with Crippen LogP contribution in [0.25, 0.3) is 10.9 Å². The predicted molar refractivity (Wildman–Crippen MR) is 66.5 cm³/mol. The van der Waals surface area contributed by atoms with Gasteiger partial charge in [0.05, 0.1) is 17.3 Å². The standard InChI is InChI=1S/C13H16N2O/c1-3-9(2)16-12-7-6-11(14)13-10(12)5-4-8-15-13/h4-9H,3,14H2,1-2H3. The summed E-state index contributed by atoms with van der Waals surface area (Å²) in [5, 5.41) is 0.975. The van der Waals surface area contributed by atoms with Gasteiger partial charge in [-0.2, -0.15) is 0 Å². The third-order valence-electron chi connectivity index (χ3n) is 2.66. The minimum absolute atomic E-state index is 0.201. The maximum absolute atomic E-state index is 5.87. The summed E-state index contributed by atoms with van der Waals surface area (Å²) in [4.78, 5) is 4.27. The van der Waals surface area contributed by atoms with Gasteiger partial charge in [0.2, 0.25) is 0 Å². The van der Waals surface area contributed by atoms with Crippen LogP contribution in [-0.2, 0) is 0 Å². The van der Waals surface area contributed by atoms with Crippen LogP contribution in [0.4, 0.5) is 5.69 Å². The number of nitrogens with two attached hydrogens (primary N) is 1. The highest BCUT2D eigenvalue weighted by molar-refractivity contribution is 5.93. The molecule has 1 aromatic heterocycles. The van der Waals surface area contributed by atoms with Crippen LogP contribution in [0, 0.1) is 0 Å². The first-order chi connectivity index (χ1) is 7.72. The number of hydrogen-bond donors (Lipinski definition) is 1. The Kier molecular flexibility index (Phi) is 2.95. The zero-order valence-electron chi connectivity index (χ0n) is 9.60. The number of nitrogen functional groups attached to an aromatic ring is 1. The third-order valence-corrected chi connectivity index (χ3v) is 2.66. The van der Waals surface area contributed by atoms with Crippen LogP contribution in [0.15, 0.2) is 30.5 Å². The van der Waals surface area contributed by atoms with Crippen molar-refractivity contribution in [3.63, 3.8) is 0 Å². The molecule has 0 fully saturated rings. The molecule has 1 atom stereocenters. The summed E-state index contributed by atoms with van der Waals surface area (Å²) >= 11 is 0. The molecule has 2 aromatic rings. The minimum Gasteiger partial charge on any atom is -0.490 e. The number of nitrogens with zero attached hydrogens (tertiary/aromatic N) is 1. The van der Waals surface area contributed by atoms with Crippen molar-refractivity contribution in [3.8, 4) is 5.75 Å². The molecule has 1 unspecified atom stereocenters. The zero-order valence-corrected chi connectivity index (χ0v) is 9.60. The molecule has 2 N–H and O–H groups in total. The van der Waals surface area contributed by atoms with Crippen LogP contribution in [0.5, 0.6) is 5.75 Å². The Hall–Kier alpha value is -1.77.